The van der Waals surface area contributed by atoms with E-state index in [0.717, 1.165) is 5.56 Å². The van der Waals surface area contributed by atoms with Gasteiger partial charge in [0.05, 0.1) is 0 Å². The molecule has 1 aromatic carbocycles. The molecule has 5 nitrogen and oxygen atoms in total. The fourth-order valence-corrected chi connectivity index (χ4v) is 1.96. The second kappa shape index (κ2) is 7.45. The Hall–Kier alpha value is -2.09. The zero-order valence-corrected chi connectivity index (χ0v) is 12.9. The van der Waals surface area contributed by atoms with Crippen LogP contribution in [0.15, 0.2) is 28.8 Å². The summed E-state index contributed by atoms with van der Waals surface area (Å²) in [6, 6.07) is 6.00. The largest absolute Gasteiger partial charge is 0.573 e. The summed E-state index contributed by atoms with van der Waals surface area (Å²) < 4.78 is 45.2. The third-order valence-corrected chi connectivity index (χ3v) is 3.28. The van der Waals surface area contributed by atoms with E-state index in [9.17, 15) is 13.2 Å². The highest BCUT2D eigenvalue weighted by Gasteiger charge is 2.30. The number of aromatic nitrogens is 2. The van der Waals surface area contributed by atoms with Crippen LogP contribution in [0.5, 0.6) is 5.75 Å². The van der Waals surface area contributed by atoms with Gasteiger partial charge in [-0.15, -0.1) is 13.2 Å². The molecule has 23 heavy (non-hydrogen) atoms. The lowest BCUT2D eigenvalue weighted by atomic mass is 10.1. The molecule has 0 saturated carbocycles. The number of halogens is 3. The number of alkyl halides is 3. The van der Waals surface area contributed by atoms with Crippen molar-refractivity contribution in [3.63, 3.8) is 0 Å². The fraction of sp³-hybridized carbons (Fsp3) is 0.467. The quantitative estimate of drug-likeness (QED) is 0.846. The molecule has 0 fully saturated rings. The average Bonchev–Trinajstić information content (AvgIpc) is 2.92. The smallest absolute Gasteiger partial charge is 0.406 e. The Balaban J connectivity index is 1.86. The lowest BCUT2D eigenvalue weighted by Crippen LogP contribution is -2.24. The van der Waals surface area contributed by atoms with Crippen molar-refractivity contribution < 1.29 is 22.4 Å². The fourth-order valence-electron chi connectivity index (χ4n) is 1.96. The van der Waals surface area contributed by atoms with E-state index in [-0.39, 0.29) is 11.8 Å². The highest BCUT2D eigenvalue weighted by Crippen LogP contribution is 2.23. The highest BCUT2D eigenvalue weighted by molar-refractivity contribution is 5.27. The van der Waals surface area contributed by atoms with Gasteiger partial charge >= 0.3 is 6.36 Å². The number of likely N-dealkylation sites (N-methyl/N-ethyl adjacent to an activating group) is 1. The average molecular weight is 329 g/mol. The van der Waals surface area contributed by atoms with Crippen molar-refractivity contribution in [1.82, 2.24) is 15.5 Å². The number of rotatable bonds is 7. The molecular weight excluding hydrogens is 311 g/mol. The maximum Gasteiger partial charge on any atom is 0.573 e. The van der Waals surface area contributed by atoms with E-state index in [1.807, 2.05) is 14.0 Å². The lowest BCUT2D eigenvalue weighted by Gasteiger charge is -2.08. The van der Waals surface area contributed by atoms with Gasteiger partial charge in [-0.2, -0.15) is 4.98 Å². The summed E-state index contributed by atoms with van der Waals surface area (Å²) in [5.74, 6) is 0.914. The Morgan fingerprint density at radius 2 is 1.91 bits per heavy atom. The molecule has 0 radical (unpaired) electrons. The van der Waals surface area contributed by atoms with Crippen LogP contribution in [0.4, 0.5) is 13.2 Å². The van der Waals surface area contributed by atoms with Crippen molar-refractivity contribution in [3.8, 4) is 5.75 Å². The molecule has 0 aliphatic rings. The summed E-state index contributed by atoms with van der Waals surface area (Å²) in [5, 5.41) is 6.99. The first-order valence-corrected chi connectivity index (χ1v) is 7.19. The SMILES string of the molecule is CNC(C)Cc1noc(CCc2ccc(OC(F)(F)F)cc2)n1. The molecule has 0 aliphatic heterocycles. The maximum absolute atomic E-state index is 12.1. The van der Waals surface area contributed by atoms with Gasteiger partial charge in [0, 0.05) is 18.9 Å². The van der Waals surface area contributed by atoms with Gasteiger partial charge in [0.15, 0.2) is 5.82 Å². The van der Waals surface area contributed by atoms with Gasteiger partial charge in [-0.1, -0.05) is 17.3 Å². The molecule has 1 unspecified atom stereocenters. The molecule has 126 valence electrons. The Labute approximate surface area is 131 Å². The number of nitrogens with zero attached hydrogens (tertiary/aromatic N) is 2. The number of nitrogens with one attached hydrogen (secondary N) is 1. The van der Waals surface area contributed by atoms with E-state index < -0.39 is 6.36 Å². The summed E-state index contributed by atoms with van der Waals surface area (Å²) >= 11 is 0. The predicted octanol–water partition coefficient (Wildman–Crippen LogP) is 2.90. The monoisotopic (exact) mass is 329 g/mol. The normalized spacial score (nSPS) is 13.1. The number of benzene rings is 1. The van der Waals surface area contributed by atoms with Crippen molar-refractivity contribution in [2.24, 2.45) is 0 Å². The van der Waals surface area contributed by atoms with E-state index >= 15 is 0 Å². The van der Waals surface area contributed by atoms with Crippen LogP contribution in [0.1, 0.15) is 24.2 Å². The van der Waals surface area contributed by atoms with E-state index in [1.165, 1.54) is 12.1 Å². The van der Waals surface area contributed by atoms with Crippen LogP contribution in [-0.2, 0) is 19.3 Å². The maximum atomic E-state index is 12.1. The Morgan fingerprint density at radius 1 is 1.22 bits per heavy atom. The Kier molecular flexibility index (Phi) is 5.59. The second-order valence-corrected chi connectivity index (χ2v) is 5.19. The molecule has 0 bridgehead atoms. The molecule has 0 aliphatic carbocycles. The minimum Gasteiger partial charge on any atom is -0.406 e. The lowest BCUT2D eigenvalue weighted by molar-refractivity contribution is -0.274. The molecule has 1 atom stereocenters. The van der Waals surface area contributed by atoms with Gasteiger partial charge in [0.25, 0.3) is 0 Å². The zero-order valence-electron chi connectivity index (χ0n) is 12.9. The van der Waals surface area contributed by atoms with Gasteiger partial charge in [0.2, 0.25) is 5.89 Å². The van der Waals surface area contributed by atoms with Gasteiger partial charge in [-0.05, 0) is 38.1 Å². The van der Waals surface area contributed by atoms with E-state index in [4.69, 9.17) is 4.52 Å². The first kappa shape index (κ1) is 17.3. The molecule has 2 rings (SSSR count). The summed E-state index contributed by atoms with van der Waals surface area (Å²) in [6.45, 7) is 2.01. The second-order valence-electron chi connectivity index (χ2n) is 5.19. The Morgan fingerprint density at radius 3 is 2.52 bits per heavy atom. The molecule has 0 saturated heterocycles. The van der Waals surface area contributed by atoms with Crippen molar-refractivity contribution >= 4 is 0 Å². The first-order chi connectivity index (χ1) is 10.9. The van der Waals surface area contributed by atoms with Gasteiger partial charge in [-0.3, -0.25) is 0 Å². The van der Waals surface area contributed by atoms with Gasteiger partial charge < -0.3 is 14.6 Å². The molecule has 0 spiro atoms. The summed E-state index contributed by atoms with van der Waals surface area (Å²) in [5.41, 5.74) is 0.864. The standard InChI is InChI=1S/C15H18F3N3O2/c1-10(19-2)9-13-20-14(23-21-13)8-5-11-3-6-12(7-4-11)22-15(16,17)18/h3-4,6-7,10,19H,5,8-9H2,1-2H3. The van der Waals surface area contributed by atoms with Crippen molar-refractivity contribution in [1.29, 1.82) is 0 Å². The van der Waals surface area contributed by atoms with Crippen molar-refractivity contribution in [3.05, 3.63) is 41.5 Å². The van der Waals surface area contributed by atoms with Crippen molar-refractivity contribution in [2.75, 3.05) is 7.05 Å². The van der Waals surface area contributed by atoms with Crippen molar-refractivity contribution in [2.45, 2.75) is 38.6 Å². The third kappa shape index (κ3) is 5.90. The third-order valence-electron chi connectivity index (χ3n) is 3.28. The van der Waals surface area contributed by atoms with E-state index in [1.54, 1.807) is 12.1 Å². The van der Waals surface area contributed by atoms with Crippen LogP contribution in [-0.4, -0.2) is 29.6 Å². The summed E-state index contributed by atoms with van der Waals surface area (Å²) in [7, 11) is 1.86. The van der Waals surface area contributed by atoms with Crippen LogP contribution in [0, 0.1) is 0 Å². The number of hydrogen-bond acceptors (Lipinski definition) is 5. The molecular formula is C15H18F3N3O2. The zero-order chi connectivity index (χ0) is 16.9. The van der Waals surface area contributed by atoms with Crippen LogP contribution in [0.3, 0.4) is 0 Å². The molecule has 0 amide bonds. The Bertz CT molecular complexity index is 611. The van der Waals surface area contributed by atoms with E-state index in [2.05, 4.69) is 20.2 Å². The molecule has 1 N–H and O–H groups in total. The summed E-state index contributed by atoms with van der Waals surface area (Å²) in [4.78, 5) is 4.29. The van der Waals surface area contributed by atoms with Crippen LogP contribution in [0.2, 0.25) is 0 Å². The van der Waals surface area contributed by atoms with Crippen LogP contribution >= 0.6 is 0 Å². The highest BCUT2D eigenvalue weighted by atomic mass is 19.4. The van der Waals surface area contributed by atoms with Gasteiger partial charge in [-0.25, -0.2) is 0 Å². The topological polar surface area (TPSA) is 60.2 Å². The number of ether oxygens (including phenoxy) is 1. The molecule has 1 aromatic heterocycles. The van der Waals surface area contributed by atoms with Crippen LogP contribution < -0.4 is 10.1 Å². The summed E-state index contributed by atoms with van der Waals surface area (Å²) in [6.07, 6.45) is -2.88. The minimum absolute atomic E-state index is 0.234. The number of aryl methyl sites for hydroxylation is 2. The molecule has 8 heteroatoms. The number of hydrogen-bond donors (Lipinski definition) is 1. The molecule has 1 heterocycles. The van der Waals surface area contributed by atoms with Gasteiger partial charge in [0.1, 0.15) is 5.75 Å². The first-order valence-electron chi connectivity index (χ1n) is 7.19. The van der Waals surface area contributed by atoms with E-state index in [0.29, 0.717) is 31.0 Å². The predicted molar refractivity (Wildman–Crippen MR) is 77.1 cm³/mol. The molecule has 2 aromatic rings. The minimum atomic E-state index is -4.67. The van der Waals surface area contributed by atoms with Crippen LogP contribution in [0.25, 0.3) is 0 Å².